The van der Waals surface area contributed by atoms with Gasteiger partial charge in [0, 0.05) is 43.4 Å². The third kappa shape index (κ3) is 3.37. The average Bonchev–Trinajstić information content (AvgIpc) is 3.07. The van der Waals surface area contributed by atoms with Crippen LogP contribution in [0.2, 0.25) is 0 Å². The Bertz CT molecular complexity index is 690. The highest BCUT2D eigenvalue weighted by Gasteiger charge is 2.27. The lowest BCUT2D eigenvalue weighted by atomic mass is 10.2. The van der Waals surface area contributed by atoms with Crippen LogP contribution >= 0.6 is 11.3 Å². The van der Waals surface area contributed by atoms with Crippen LogP contribution in [0.3, 0.4) is 0 Å². The lowest BCUT2D eigenvalue weighted by Gasteiger charge is -2.23. The first-order valence-corrected chi connectivity index (χ1v) is 9.04. The molecule has 2 N–H and O–H groups in total. The molecule has 2 aromatic rings. The first kappa shape index (κ1) is 16.2. The van der Waals surface area contributed by atoms with Crippen LogP contribution in [0.25, 0.3) is 0 Å². The van der Waals surface area contributed by atoms with Crippen LogP contribution in [0.15, 0.2) is 34.7 Å². The molecule has 1 unspecified atom stereocenters. The molecular formula is C14H21N3O2S2. The molecule has 0 aromatic carbocycles. The van der Waals surface area contributed by atoms with Crippen molar-refractivity contribution in [3.05, 3.63) is 40.3 Å². The van der Waals surface area contributed by atoms with E-state index in [1.807, 2.05) is 24.4 Å². The van der Waals surface area contributed by atoms with E-state index < -0.39 is 10.0 Å². The quantitative estimate of drug-likeness (QED) is 0.879. The third-order valence-electron chi connectivity index (χ3n) is 3.67. The Kier molecular flexibility index (Phi) is 4.88. The van der Waals surface area contributed by atoms with Crippen molar-refractivity contribution >= 4 is 21.4 Å². The van der Waals surface area contributed by atoms with Crippen LogP contribution in [0, 0.1) is 0 Å². The molecule has 0 fully saturated rings. The van der Waals surface area contributed by atoms with Gasteiger partial charge in [-0.1, -0.05) is 6.07 Å². The van der Waals surface area contributed by atoms with Gasteiger partial charge >= 0.3 is 0 Å². The fraction of sp³-hybridized carbons (Fsp3) is 0.429. The van der Waals surface area contributed by atoms with Gasteiger partial charge in [-0.2, -0.15) is 4.31 Å². The summed E-state index contributed by atoms with van der Waals surface area (Å²) in [5.41, 5.74) is 6.40. The molecule has 5 nitrogen and oxygen atoms in total. The van der Waals surface area contributed by atoms with E-state index in [-0.39, 0.29) is 6.04 Å². The zero-order chi connectivity index (χ0) is 15.6. The fourth-order valence-corrected chi connectivity index (χ4v) is 4.46. The number of aryl methyl sites for hydroxylation is 1. The second-order valence-corrected chi connectivity index (χ2v) is 8.17. The molecule has 2 heterocycles. The number of rotatable bonds is 6. The van der Waals surface area contributed by atoms with Crippen molar-refractivity contribution in [2.45, 2.75) is 30.8 Å². The van der Waals surface area contributed by atoms with Gasteiger partial charge in [0.25, 0.3) is 0 Å². The van der Waals surface area contributed by atoms with Gasteiger partial charge in [0.2, 0.25) is 10.0 Å². The van der Waals surface area contributed by atoms with Crippen LogP contribution in [0.5, 0.6) is 0 Å². The van der Waals surface area contributed by atoms with Crippen molar-refractivity contribution in [2.24, 2.45) is 12.8 Å². The van der Waals surface area contributed by atoms with E-state index in [1.165, 1.54) is 9.18 Å². The molecule has 0 amide bonds. The molecular weight excluding hydrogens is 306 g/mol. The van der Waals surface area contributed by atoms with E-state index in [2.05, 4.69) is 0 Å². The van der Waals surface area contributed by atoms with Gasteiger partial charge in [0.05, 0.1) is 0 Å². The van der Waals surface area contributed by atoms with Gasteiger partial charge in [0.1, 0.15) is 4.90 Å². The minimum absolute atomic E-state index is 0.102. The fourth-order valence-electron chi connectivity index (χ4n) is 2.17. The van der Waals surface area contributed by atoms with Crippen molar-refractivity contribution in [1.29, 1.82) is 0 Å². The SMILES string of the molecule is CC(Cc1cccs1)N(C)S(=O)(=O)c1cc(CN)n(C)c1. The van der Waals surface area contributed by atoms with Crippen molar-refractivity contribution in [3.63, 3.8) is 0 Å². The predicted molar refractivity (Wildman–Crippen MR) is 85.7 cm³/mol. The normalized spacial score (nSPS) is 13.8. The van der Waals surface area contributed by atoms with Gasteiger partial charge in [0.15, 0.2) is 0 Å². The summed E-state index contributed by atoms with van der Waals surface area (Å²) in [4.78, 5) is 1.48. The van der Waals surface area contributed by atoms with Crippen molar-refractivity contribution in [3.8, 4) is 0 Å². The molecule has 0 spiro atoms. The maximum Gasteiger partial charge on any atom is 0.244 e. The molecule has 0 saturated carbocycles. The molecule has 7 heteroatoms. The Morgan fingerprint density at radius 3 is 2.71 bits per heavy atom. The molecule has 21 heavy (non-hydrogen) atoms. The van der Waals surface area contributed by atoms with Crippen LogP contribution in [-0.2, 0) is 30.0 Å². The number of sulfonamides is 1. The second-order valence-electron chi connectivity index (χ2n) is 5.14. The van der Waals surface area contributed by atoms with Gasteiger partial charge in [-0.15, -0.1) is 11.3 Å². The first-order valence-electron chi connectivity index (χ1n) is 6.72. The highest BCUT2D eigenvalue weighted by molar-refractivity contribution is 7.89. The Hall–Kier alpha value is -1.15. The number of likely N-dealkylation sites (N-methyl/N-ethyl adjacent to an activating group) is 1. The van der Waals surface area contributed by atoms with E-state index in [4.69, 9.17) is 5.73 Å². The summed E-state index contributed by atoms with van der Waals surface area (Å²) in [6.45, 7) is 2.24. The Balaban J connectivity index is 2.21. The summed E-state index contributed by atoms with van der Waals surface area (Å²) in [6, 6.07) is 5.54. The molecule has 0 saturated heterocycles. The van der Waals surface area contributed by atoms with Gasteiger partial charge in [-0.3, -0.25) is 0 Å². The van der Waals surface area contributed by atoms with E-state index in [0.717, 1.165) is 5.69 Å². The van der Waals surface area contributed by atoms with Crippen molar-refractivity contribution < 1.29 is 8.42 Å². The van der Waals surface area contributed by atoms with E-state index in [9.17, 15) is 8.42 Å². The summed E-state index contributed by atoms with van der Waals surface area (Å²) in [5.74, 6) is 0. The summed E-state index contributed by atoms with van der Waals surface area (Å²) < 4.78 is 28.5. The topological polar surface area (TPSA) is 68.3 Å². The highest BCUT2D eigenvalue weighted by atomic mass is 32.2. The van der Waals surface area contributed by atoms with E-state index in [0.29, 0.717) is 17.9 Å². The monoisotopic (exact) mass is 327 g/mol. The second kappa shape index (κ2) is 6.31. The van der Waals surface area contributed by atoms with Crippen LogP contribution in [-0.4, -0.2) is 30.4 Å². The number of nitrogens with zero attached hydrogens (tertiary/aromatic N) is 2. The number of hydrogen-bond donors (Lipinski definition) is 1. The maximum absolute atomic E-state index is 12.7. The summed E-state index contributed by atoms with van der Waals surface area (Å²) in [5, 5.41) is 2.00. The molecule has 0 aliphatic rings. The number of thiophene rings is 1. The first-order chi connectivity index (χ1) is 9.86. The minimum Gasteiger partial charge on any atom is -0.352 e. The number of nitrogens with two attached hydrogens (primary N) is 1. The van der Waals surface area contributed by atoms with Crippen LogP contribution < -0.4 is 5.73 Å². The van der Waals surface area contributed by atoms with Gasteiger partial charge in [-0.25, -0.2) is 8.42 Å². The predicted octanol–water partition coefficient (Wildman–Crippen LogP) is 1.80. The number of aromatic nitrogens is 1. The van der Waals surface area contributed by atoms with Crippen molar-refractivity contribution in [2.75, 3.05) is 7.05 Å². The molecule has 1 atom stereocenters. The summed E-state index contributed by atoms with van der Waals surface area (Å²) in [7, 11) is -0.0620. The molecule has 0 aliphatic carbocycles. The largest absolute Gasteiger partial charge is 0.352 e. The van der Waals surface area contributed by atoms with E-state index in [1.54, 1.807) is 42.3 Å². The molecule has 116 valence electrons. The minimum atomic E-state index is -3.49. The van der Waals surface area contributed by atoms with E-state index >= 15 is 0 Å². The smallest absolute Gasteiger partial charge is 0.244 e. The average molecular weight is 327 g/mol. The molecule has 2 aromatic heterocycles. The van der Waals surface area contributed by atoms with Gasteiger partial charge < -0.3 is 10.3 Å². The van der Waals surface area contributed by atoms with Crippen molar-refractivity contribution in [1.82, 2.24) is 8.87 Å². The van der Waals surface area contributed by atoms with Gasteiger partial charge in [-0.05, 0) is 30.9 Å². The zero-order valence-corrected chi connectivity index (χ0v) is 14.1. The molecule has 2 rings (SSSR count). The molecule has 0 bridgehead atoms. The summed E-state index contributed by atoms with van der Waals surface area (Å²) >= 11 is 1.64. The molecule has 0 aliphatic heterocycles. The number of hydrogen-bond acceptors (Lipinski definition) is 4. The van der Waals surface area contributed by atoms with Crippen LogP contribution in [0.4, 0.5) is 0 Å². The maximum atomic E-state index is 12.7. The lowest BCUT2D eigenvalue weighted by molar-refractivity contribution is 0.388. The lowest BCUT2D eigenvalue weighted by Crippen LogP contribution is -2.36. The Morgan fingerprint density at radius 2 is 2.19 bits per heavy atom. The molecule has 0 radical (unpaired) electrons. The Morgan fingerprint density at radius 1 is 1.48 bits per heavy atom. The standard InChI is InChI=1S/C14H21N3O2S2/c1-11(7-13-5-4-6-20-13)17(3)21(18,19)14-8-12(9-15)16(2)10-14/h4-6,8,10-11H,7,9,15H2,1-3H3. The Labute approximate surface area is 130 Å². The third-order valence-corrected chi connectivity index (χ3v) is 6.50. The highest BCUT2D eigenvalue weighted by Crippen LogP contribution is 2.21. The zero-order valence-electron chi connectivity index (χ0n) is 12.5. The van der Waals surface area contributed by atoms with Crippen LogP contribution in [0.1, 0.15) is 17.5 Å². The summed E-state index contributed by atoms with van der Waals surface area (Å²) in [6.07, 6.45) is 2.33.